The molecule has 3 unspecified atom stereocenters. The number of aliphatic hydroxyl groups is 1. The summed E-state index contributed by atoms with van der Waals surface area (Å²) in [5.41, 5.74) is 0. The predicted molar refractivity (Wildman–Crippen MR) is 99.7 cm³/mol. The molecule has 0 amide bonds. The molecule has 7 nitrogen and oxygen atoms in total. The Morgan fingerprint density at radius 3 is 2.84 bits per heavy atom. The average molecular weight is 346 g/mol. The number of aliphatic imine (C=N–C) groups is 1. The molecule has 2 aliphatic rings. The van der Waals surface area contributed by atoms with Crippen LogP contribution in [0, 0.1) is 5.92 Å². The number of hydrogen-bond donors (Lipinski definition) is 3. The van der Waals surface area contributed by atoms with Crippen molar-refractivity contribution in [3.63, 3.8) is 0 Å². The van der Waals surface area contributed by atoms with E-state index in [0.717, 1.165) is 63.6 Å². The first-order valence-electron chi connectivity index (χ1n) is 9.51. The first kappa shape index (κ1) is 17.9. The van der Waals surface area contributed by atoms with Gasteiger partial charge >= 0.3 is 0 Å². The Bertz CT molecular complexity index is 552. The third kappa shape index (κ3) is 5.04. The fraction of sp³-hybridized carbons (Fsp3) is 0.722. The third-order valence-electron chi connectivity index (χ3n) is 5.04. The number of aromatic nitrogens is 2. The van der Waals surface area contributed by atoms with Gasteiger partial charge in [-0.15, -0.1) is 0 Å². The van der Waals surface area contributed by atoms with Crippen LogP contribution < -0.4 is 15.5 Å². The minimum absolute atomic E-state index is 0.188. The standard InChI is InChI=1S/C18H30N6O/c1-2-19-17(22-12-14-6-3-8-16(14)25)23-15-7-4-11-24(13-15)18-20-9-5-10-21-18/h5,9-10,14-16,25H,2-4,6-8,11-13H2,1H3,(H2,19,22,23). The molecule has 25 heavy (non-hydrogen) atoms. The number of rotatable bonds is 5. The summed E-state index contributed by atoms with van der Waals surface area (Å²) in [7, 11) is 0. The third-order valence-corrected chi connectivity index (χ3v) is 5.04. The van der Waals surface area contributed by atoms with Crippen LogP contribution in [0.2, 0.25) is 0 Å². The van der Waals surface area contributed by atoms with Crippen LogP contribution in [0.3, 0.4) is 0 Å². The van der Waals surface area contributed by atoms with Gasteiger partial charge in [-0.1, -0.05) is 6.42 Å². The maximum Gasteiger partial charge on any atom is 0.225 e. The van der Waals surface area contributed by atoms with Crippen LogP contribution >= 0.6 is 0 Å². The van der Waals surface area contributed by atoms with Crippen molar-refractivity contribution >= 4 is 11.9 Å². The SMILES string of the molecule is CCNC(=NCC1CCCC1O)NC1CCCN(c2ncccn2)C1. The molecule has 1 saturated heterocycles. The number of aliphatic hydroxyl groups excluding tert-OH is 1. The zero-order valence-corrected chi connectivity index (χ0v) is 15.1. The molecular weight excluding hydrogens is 316 g/mol. The van der Waals surface area contributed by atoms with E-state index < -0.39 is 0 Å². The fourth-order valence-electron chi connectivity index (χ4n) is 3.68. The number of guanidine groups is 1. The summed E-state index contributed by atoms with van der Waals surface area (Å²) >= 11 is 0. The zero-order valence-electron chi connectivity index (χ0n) is 15.1. The van der Waals surface area contributed by atoms with Crippen molar-refractivity contribution < 1.29 is 5.11 Å². The van der Waals surface area contributed by atoms with Gasteiger partial charge in [0.25, 0.3) is 0 Å². The second-order valence-electron chi connectivity index (χ2n) is 6.96. The quantitative estimate of drug-likeness (QED) is 0.548. The summed E-state index contributed by atoms with van der Waals surface area (Å²) in [6, 6.07) is 2.17. The van der Waals surface area contributed by atoms with Gasteiger partial charge in [-0.2, -0.15) is 0 Å². The Morgan fingerprint density at radius 2 is 2.12 bits per heavy atom. The van der Waals surface area contributed by atoms with Crippen LogP contribution in [-0.2, 0) is 0 Å². The van der Waals surface area contributed by atoms with Crippen molar-refractivity contribution in [2.45, 2.75) is 51.2 Å². The molecule has 0 aromatic carbocycles. The van der Waals surface area contributed by atoms with Crippen LogP contribution in [0.1, 0.15) is 39.0 Å². The average Bonchev–Trinajstić information content (AvgIpc) is 3.06. The van der Waals surface area contributed by atoms with E-state index in [1.165, 1.54) is 0 Å². The van der Waals surface area contributed by atoms with Gasteiger partial charge in [0, 0.05) is 50.5 Å². The lowest BCUT2D eigenvalue weighted by Gasteiger charge is -2.33. The molecule has 1 aromatic heterocycles. The molecule has 7 heteroatoms. The van der Waals surface area contributed by atoms with Gasteiger partial charge in [0.05, 0.1) is 6.10 Å². The molecule has 0 bridgehead atoms. The first-order chi connectivity index (χ1) is 12.3. The highest BCUT2D eigenvalue weighted by molar-refractivity contribution is 5.80. The molecule has 138 valence electrons. The maximum absolute atomic E-state index is 9.98. The highest BCUT2D eigenvalue weighted by Crippen LogP contribution is 2.25. The van der Waals surface area contributed by atoms with E-state index in [0.29, 0.717) is 18.5 Å². The van der Waals surface area contributed by atoms with Gasteiger partial charge in [-0.05, 0) is 38.7 Å². The molecule has 1 aromatic rings. The largest absolute Gasteiger partial charge is 0.393 e. The molecule has 3 atom stereocenters. The van der Waals surface area contributed by atoms with Gasteiger partial charge in [0.2, 0.25) is 5.95 Å². The Labute approximate surface area is 150 Å². The van der Waals surface area contributed by atoms with Crippen LogP contribution in [0.15, 0.2) is 23.5 Å². The normalized spacial score (nSPS) is 27.4. The minimum Gasteiger partial charge on any atom is -0.393 e. The Balaban J connectivity index is 1.57. The van der Waals surface area contributed by atoms with E-state index in [1.807, 2.05) is 6.07 Å². The summed E-state index contributed by atoms with van der Waals surface area (Å²) < 4.78 is 0. The van der Waals surface area contributed by atoms with Crippen molar-refractivity contribution in [1.29, 1.82) is 0 Å². The van der Waals surface area contributed by atoms with Gasteiger partial charge in [-0.3, -0.25) is 4.99 Å². The summed E-state index contributed by atoms with van der Waals surface area (Å²) in [5, 5.41) is 16.9. The summed E-state index contributed by atoms with van der Waals surface area (Å²) in [6.45, 7) is 5.46. The first-order valence-corrected chi connectivity index (χ1v) is 9.51. The van der Waals surface area contributed by atoms with Gasteiger partial charge in [0.15, 0.2) is 5.96 Å². The van der Waals surface area contributed by atoms with E-state index in [9.17, 15) is 5.11 Å². The molecule has 0 radical (unpaired) electrons. The Kier molecular flexibility index (Phi) is 6.44. The lowest BCUT2D eigenvalue weighted by molar-refractivity contribution is 0.136. The minimum atomic E-state index is -0.188. The van der Waals surface area contributed by atoms with E-state index >= 15 is 0 Å². The van der Waals surface area contributed by atoms with Crippen LogP contribution in [-0.4, -0.2) is 59.4 Å². The maximum atomic E-state index is 9.98. The van der Waals surface area contributed by atoms with Gasteiger partial charge in [0.1, 0.15) is 0 Å². The highest BCUT2D eigenvalue weighted by Gasteiger charge is 2.25. The number of piperidine rings is 1. The molecule has 1 aliphatic heterocycles. The van der Waals surface area contributed by atoms with Crippen LogP contribution in [0.5, 0.6) is 0 Å². The number of hydrogen-bond acceptors (Lipinski definition) is 5. The predicted octanol–water partition coefficient (Wildman–Crippen LogP) is 1.16. The van der Waals surface area contributed by atoms with Crippen molar-refractivity contribution in [3.05, 3.63) is 18.5 Å². The zero-order chi connectivity index (χ0) is 17.5. The molecule has 1 saturated carbocycles. The molecule has 2 heterocycles. The van der Waals surface area contributed by atoms with E-state index in [-0.39, 0.29) is 6.10 Å². The Hall–Kier alpha value is -1.89. The smallest absolute Gasteiger partial charge is 0.225 e. The van der Waals surface area contributed by atoms with Crippen molar-refractivity contribution in [2.75, 3.05) is 31.1 Å². The molecule has 1 aliphatic carbocycles. The van der Waals surface area contributed by atoms with Crippen LogP contribution in [0.25, 0.3) is 0 Å². The lowest BCUT2D eigenvalue weighted by atomic mass is 10.1. The summed E-state index contributed by atoms with van der Waals surface area (Å²) in [6.07, 6.45) is 8.71. The Morgan fingerprint density at radius 1 is 1.28 bits per heavy atom. The number of anilines is 1. The van der Waals surface area contributed by atoms with Crippen LogP contribution in [0.4, 0.5) is 5.95 Å². The van der Waals surface area contributed by atoms with E-state index in [4.69, 9.17) is 4.99 Å². The van der Waals surface area contributed by atoms with Crippen molar-refractivity contribution in [3.8, 4) is 0 Å². The fourth-order valence-corrected chi connectivity index (χ4v) is 3.68. The van der Waals surface area contributed by atoms with Crippen molar-refractivity contribution in [2.24, 2.45) is 10.9 Å². The van der Waals surface area contributed by atoms with E-state index in [1.54, 1.807) is 12.4 Å². The molecule has 0 spiro atoms. The summed E-state index contributed by atoms with van der Waals surface area (Å²) in [5.74, 6) is 1.95. The van der Waals surface area contributed by atoms with E-state index in [2.05, 4.69) is 32.4 Å². The monoisotopic (exact) mass is 346 g/mol. The number of nitrogens with one attached hydrogen (secondary N) is 2. The van der Waals surface area contributed by atoms with Gasteiger partial charge < -0.3 is 20.6 Å². The second kappa shape index (κ2) is 8.99. The molecule has 2 fully saturated rings. The highest BCUT2D eigenvalue weighted by atomic mass is 16.3. The number of nitrogens with zero attached hydrogens (tertiary/aromatic N) is 4. The van der Waals surface area contributed by atoms with Crippen molar-refractivity contribution in [1.82, 2.24) is 20.6 Å². The molecular formula is C18H30N6O. The molecule has 3 N–H and O–H groups in total. The summed E-state index contributed by atoms with van der Waals surface area (Å²) in [4.78, 5) is 15.7. The molecule has 3 rings (SSSR count). The second-order valence-corrected chi connectivity index (χ2v) is 6.96. The lowest BCUT2D eigenvalue weighted by Crippen LogP contribution is -2.51. The van der Waals surface area contributed by atoms with Gasteiger partial charge in [-0.25, -0.2) is 9.97 Å². The topological polar surface area (TPSA) is 85.7 Å².